The lowest BCUT2D eigenvalue weighted by atomic mass is 10.1. The molecule has 106 valence electrons. The van der Waals surface area contributed by atoms with Gasteiger partial charge in [0.15, 0.2) is 0 Å². The first-order chi connectivity index (χ1) is 10.1. The standard InChI is InChI=1S/C13H11N5O3/c14-6-4-9(15-5-6)12(20)16-8-3-1-2-7-10(8)13(21)18-17-11(7)19/h1-5,15H,14H2,(H,16,20)(H,17,19)(H,18,21). The molecule has 0 fully saturated rings. The van der Waals surface area contributed by atoms with E-state index >= 15 is 0 Å². The average Bonchev–Trinajstić information content (AvgIpc) is 2.90. The van der Waals surface area contributed by atoms with Gasteiger partial charge in [-0.2, -0.15) is 0 Å². The Balaban J connectivity index is 2.09. The molecular weight excluding hydrogens is 274 g/mol. The summed E-state index contributed by atoms with van der Waals surface area (Å²) in [7, 11) is 0. The van der Waals surface area contributed by atoms with Crippen molar-refractivity contribution in [1.82, 2.24) is 15.2 Å². The molecule has 0 spiro atoms. The molecule has 0 bridgehead atoms. The fraction of sp³-hybridized carbons (Fsp3) is 0. The van der Waals surface area contributed by atoms with E-state index in [-0.39, 0.29) is 22.2 Å². The molecule has 3 aromatic rings. The third-order valence-corrected chi connectivity index (χ3v) is 3.02. The van der Waals surface area contributed by atoms with E-state index in [4.69, 9.17) is 5.73 Å². The van der Waals surface area contributed by atoms with Crippen LogP contribution in [0.1, 0.15) is 10.5 Å². The van der Waals surface area contributed by atoms with Gasteiger partial charge < -0.3 is 16.0 Å². The molecule has 0 saturated heterocycles. The maximum atomic E-state index is 12.1. The highest BCUT2D eigenvalue weighted by Crippen LogP contribution is 2.18. The lowest BCUT2D eigenvalue weighted by Crippen LogP contribution is -2.21. The van der Waals surface area contributed by atoms with Gasteiger partial charge in [-0.3, -0.25) is 24.6 Å². The van der Waals surface area contributed by atoms with Crippen LogP contribution in [0.3, 0.4) is 0 Å². The predicted octanol–water partition coefficient (Wildman–Crippen LogP) is 0.379. The largest absolute Gasteiger partial charge is 0.397 e. The van der Waals surface area contributed by atoms with Gasteiger partial charge in [-0.1, -0.05) is 6.07 Å². The number of benzene rings is 1. The highest BCUT2D eigenvalue weighted by molar-refractivity contribution is 6.08. The van der Waals surface area contributed by atoms with E-state index in [2.05, 4.69) is 20.5 Å². The maximum Gasteiger partial charge on any atom is 0.272 e. The highest BCUT2D eigenvalue weighted by atomic mass is 16.2. The summed E-state index contributed by atoms with van der Waals surface area (Å²) in [5.41, 5.74) is 5.53. The first-order valence-corrected chi connectivity index (χ1v) is 6.05. The minimum absolute atomic E-state index is 0.120. The zero-order valence-electron chi connectivity index (χ0n) is 10.7. The number of H-pyrrole nitrogens is 3. The van der Waals surface area contributed by atoms with Gasteiger partial charge in [-0.05, 0) is 18.2 Å². The van der Waals surface area contributed by atoms with Gasteiger partial charge in [0, 0.05) is 11.9 Å². The quantitative estimate of drug-likeness (QED) is 0.464. The number of anilines is 2. The lowest BCUT2D eigenvalue weighted by molar-refractivity contribution is 0.102. The second-order valence-electron chi connectivity index (χ2n) is 4.44. The van der Waals surface area contributed by atoms with Crippen molar-refractivity contribution in [1.29, 1.82) is 0 Å². The van der Waals surface area contributed by atoms with Crippen LogP contribution in [0.5, 0.6) is 0 Å². The van der Waals surface area contributed by atoms with Crippen molar-refractivity contribution in [2.45, 2.75) is 0 Å². The van der Waals surface area contributed by atoms with Crippen LogP contribution in [0.25, 0.3) is 10.8 Å². The number of carbonyl (C=O) groups is 1. The number of nitrogens with two attached hydrogens (primary N) is 1. The van der Waals surface area contributed by atoms with E-state index in [1.807, 2.05) is 0 Å². The van der Waals surface area contributed by atoms with Gasteiger partial charge in [0.25, 0.3) is 17.0 Å². The minimum atomic E-state index is -0.494. The number of aromatic nitrogens is 3. The highest BCUT2D eigenvalue weighted by Gasteiger charge is 2.13. The van der Waals surface area contributed by atoms with Crippen LogP contribution in [0.2, 0.25) is 0 Å². The van der Waals surface area contributed by atoms with Gasteiger partial charge in [0.2, 0.25) is 0 Å². The van der Waals surface area contributed by atoms with Crippen molar-refractivity contribution in [2.24, 2.45) is 0 Å². The first kappa shape index (κ1) is 12.7. The van der Waals surface area contributed by atoms with Crippen LogP contribution >= 0.6 is 0 Å². The molecule has 0 saturated carbocycles. The normalized spacial score (nSPS) is 10.7. The molecule has 1 amide bonds. The molecule has 0 unspecified atom stereocenters. The van der Waals surface area contributed by atoms with Gasteiger partial charge in [0.1, 0.15) is 5.69 Å². The van der Waals surface area contributed by atoms with Crippen molar-refractivity contribution >= 4 is 28.1 Å². The molecule has 8 heteroatoms. The van der Waals surface area contributed by atoms with Gasteiger partial charge in [-0.25, -0.2) is 0 Å². The smallest absolute Gasteiger partial charge is 0.272 e. The number of nitrogen functional groups attached to an aromatic ring is 1. The number of fused-ring (bicyclic) bond motifs is 1. The van der Waals surface area contributed by atoms with Crippen LogP contribution in [0, 0.1) is 0 Å². The summed E-state index contributed by atoms with van der Waals surface area (Å²) >= 11 is 0. The Hall–Kier alpha value is -3.29. The number of nitrogens with one attached hydrogen (secondary N) is 4. The third-order valence-electron chi connectivity index (χ3n) is 3.02. The molecule has 0 aliphatic heterocycles. The molecule has 6 N–H and O–H groups in total. The number of aromatic amines is 3. The zero-order valence-corrected chi connectivity index (χ0v) is 10.7. The van der Waals surface area contributed by atoms with Gasteiger partial charge in [-0.15, -0.1) is 0 Å². The van der Waals surface area contributed by atoms with E-state index in [1.165, 1.54) is 18.3 Å². The van der Waals surface area contributed by atoms with E-state index in [0.717, 1.165) is 0 Å². The molecule has 0 atom stereocenters. The Labute approximate surface area is 117 Å². The molecule has 2 aromatic heterocycles. The van der Waals surface area contributed by atoms with Gasteiger partial charge in [0.05, 0.1) is 16.5 Å². The third kappa shape index (κ3) is 2.18. The van der Waals surface area contributed by atoms with Crippen molar-refractivity contribution in [3.8, 4) is 0 Å². The molecule has 8 nitrogen and oxygen atoms in total. The maximum absolute atomic E-state index is 12.1. The van der Waals surface area contributed by atoms with Crippen LogP contribution in [-0.4, -0.2) is 21.1 Å². The topological polar surface area (TPSA) is 137 Å². The molecule has 0 aliphatic rings. The first-order valence-electron chi connectivity index (χ1n) is 6.05. The van der Waals surface area contributed by atoms with Crippen LogP contribution < -0.4 is 22.2 Å². The molecule has 0 aliphatic carbocycles. The fourth-order valence-corrected chi connectivity index (χ4v) is 2.07. The molecular formula is C13H11N5O3. The number of hydrogen-bond donors (Lipinski definition) is 5. The summed E-state index contributed by atoms with van der Waals surface area (Å²) in [6.07, 6.45) is 1.48. The Morgan fingerprint density at radius 1 is 1.14 bits per heavy atom. The lowest BCUT2D eigenvalue weighted by Gasteiger charge is -2.06. The fourth-order valence-electron chi connectivity index (χ4n) is 2.07. The summed E-state index contributed by atoms with van der Waals surface area (Å²) < 4.78 is 0. The summed E-state index contributed by atoms with van der Waals surface area (Å²) in [5, 5.41) is 7.36. The number of rotatable bonds is 2. The molecule has 0 radical (unpaired) electrons. The average molecular weight is 285 g/mol. The number of carbonyl (C=O) groups excluding carboxylic acids is 1. The molecule has 3 rings (SSSR count). The monoisotopic (exact) mass is 285 g/mol. The van der Waals surface area contributed by atoms with Crippen LogP contribution in [0.15, 0.2) is 40.1 Å². The molecule has 21 heavy (non-hydrogen) atoms. The van der Waals surface area contributed by atoms with Crippen molar-refractivity contribution in [3.63, 3.8) is 0 Å². The van der Waals surface area contributed by atoms with E-state index in [9.17, 15) is 14.4 Å². The van der Waals surface area contributed by atoms with Crippen molar-refractivity contribution in [3.05, 3.63) is 56.9 Å². The summed E-state index contributed by atoms with van der Waals surface area (Å²) in [6.45, 7) is 0. The Morgan fingerprint density at radius 2 is 1.90 bits per heavy atom. The second kappa shape index (κ2) is 4.67. The summed E-state index contributed by atoms with van der Waals surface area (Å²) in [4.78, 5) is 38.3. The zero-order chi connectivity index (χ0) is 15.0. The Morgan fingerprint density at radius 3 is 2.62 bits per heavy atom. The van der Waals surface area contributed by atoms with Crippen LogP contribution in [0.4, 0.5) is 11.4 Å². The van der Waals surface area contributed by atoms with Gasteiger partial charge >= 0.3 is 0 Å². The second-order valence-corrected chi connectivity index (χ2v) is 4.44. The SMILES string of the molecule is Nc1c[nH]c(C(=O)Nc2cccc3c(=O)[nH][nH]c(=O)c23)c1. The van der Waals surface area contributed by atoms with Crippen molar-refractivity contribution < 1.29 is 4.79 Å². The molecule has 2 heterocycles. The molecule has 1 aromatic carbocycles. The summed E-state index contributed by atoms with van der Waals surface area (Å²) in [6, 6.07) is 6.10. The van der Waals surface area contributed by atoms with E-state index in [0.29, 0.717) is 5.69 Å². The predicted molar refractivity (Wildman–Crippen MR) is 78.3 cm³/mol. The van der Waals surface area contributed by atoms with E-state index in [1.54, 1.807) is 12.1 Å². The van der Waals surface area contributed by atoms with E-state index < -0.39 is 17.0 Å². The van der Waals surface area contributed by atoms with Crippen LogP contribution in [-0.2, 0) is 0 Å². The minimum Gasteiger partial charge on any atom is -0.397 e. The number of amides is 1. The Kier molecular flexibility index (Phi) is 2.83. The number of hydrogen-bond acceptors (Lipinski definition) is 4. The summed E-state index contributed by atoms with van der Waals surface area (Å²) in [5.74, 6) is -0.459. The Bertz CT molecular complexity index is 950. The van der Waals surface area contributed by atoms with Crippen molar-refractivity contribution in [2.75, 3.05) is 11.1 Å².